The van der Waals surface area contributed by atoms with Crippen LogP contribution in [-0.2, 0) is 11.2 Å². The van der Waals surface area contributed by atoms with Gasteiger partial charge in [-0.25, -0.2) is 4.39 Å². The molecule has 10 nitrogen and oxygen atoms in total. The molecule has 5 atom stereocenters. The van der Waals surface area contributed by atoms with Crippen LogP contribution in [0.2, 0.25) is 0 Å². The van der Waals surface area contributed by atoms with Crippen molar-refractivity contribution in [3.8, 4) is 11.6 Å². The van der Waals surface area contributed by atoms with Gasteiger partial charge in [-0.2, -0.15) is 0 Å². The van der Waals surface area contributed by atoms with E-state index in [4.69, 9.17) is 14.2 Å². The van der Waals surface area contributed by atoms with Gasteiger partial charge in [-0.05, 0) is 45.4 Å². The van der Waals surface area contributed by atoms with Crippen LogP contribution in [0.15, 0.2) is 18.2 Å². The zero-order valence-corrected chi connectivity index (χ0v) is 19.0. The predicted octanol–water partition coefficient (Wildman–Crippen LogP) is 0.400. The lowest BCUT2D eigenvalue weighted by atomic mass is 9.98. The molecule has 0 unspecified atom stereocenters. The number of hydrogen-bond acceptors (Lipinski definition) is 9. The third-order valence-electron chi connectivity index (χ3n) is 5.57. The Morgan fingerprint density at radius 3 is 2.52 bits per heavy atom. The number of aromatic nitrogens is 2. The van der Waals surface area contributed by atoms with Gasteiger partial charge in [0, 0.05) is 23.7 Å². The van der Waals surface area contributed by atoms with Crippen molar-refractivity contribution >= 4 is 0 Å². The lowest BCUT2D eigenvalue weighted by Gasteiger charge is -2.43. The molecule has 5 N–H and O–H groups in total. The van der Waals surface area contributed by atoms with E-state index < -0.39 is 42.8 Å². The number of hydrogen-bond donors (Lipinski definition) is 5. The standard InChI is InChI=1S/C22H31FN2O8/c1-5-31-16-7-6-13(9-15(16)23)8-14-12(4)25(11(2)3)24-21(14)33-22(30)20(29)19(28)18(27)17(10-26)32-22/h6-7,9,11,17-20,26-30H,5,8,10H2,1-4H3/t17-,18-,19+,20-,22+/m1/s1. The molecule has 3 rings (SSSR count). The van der Waals surface area contributed by atoms with Gasteiger partial charge in [-0.15, -0.1) is 5.10 Å². The molecule has 0 aliphatic carbocycles. The van der Waals surface area contributed by atoms with E-state index >= 15 is 0 Å². The average Bonchev–Trinajstić information content (AvgIpc) is 3.06. The summed E-state index contributed by atoms with van der Waals surface area (Å²) in [4.78, 5) is 0. The Kier molecular flexibility index (Phi) is 7.62. The van der Waals surface area contributed by atoms with Crippen molar-refractivity contribution in [1.82, 2.24) is 9.78 Å². The van der Waals surface area contributed by atoms with Gasteiger partial charge in [0.1, 0.15) is 18.3 Å². The Labute approximate surface area is 190 Å². The highest BCUT2D eigenvalue weighted by Crippen LogP contribution is 2.34. The number of benzene rings is 1. The van der Waals surface area contributed by atoms with Crippen molar-refractivity contribution < 1.29 is 44.1 Å². The first-order valence-corrected chi connectivity index (χ1v) is 10.8. The van der Waals surface area contributed by atoms with E-state index in [-0.39, 0.29) is 24.1 Å². The maximum atomic E-state index is 14.4. The minimum atomic E-state index is -2.80. The normalized spacial score (nSPS) is 27.7. The molecule has 1 aliphatic heterocycles. The number of aliphatic hydroxyl groups is 5. The summed E-state index contributed by atoms with van der Waals surface area (Å²) in [5.41, 5.74) is 1.73. The topological polar surface area (TPSA) is 147 Å². The third-order valence-corrected chi connectivity index (χ3v) is 5.57. The number of aliphatic hydroxyl groups excluding tert-OH is 4. The second-order valence-electron chi connectivity index (χ2n) is 8.28. The second kappa shape index (κ2) is 9.92. The Balaban J connectivity index is 1.97. The summed E-state index contributed by atoms with van der Waals surface area (Å²) in [7, 11) is 0. The van der Waals surface area contributed by atoms with E-state index in [0.717, 1.165) is 0 Å². The van der Waals surface area contributed by atoms with Crippen LogP contribution >= 0.6 is 0 Å². The van der Waals surface area contributed by atoms with Gasteiger partial charge in [0.15, 0.2) is 17.7 Å². The van der Waals surface area contributed by atoms with E-state index in [1.54, 1.807) is 24.6 Å². The van der Waals surface area contributed by atoms with Crippen LogP contribution in [0.5, 0.6) is 11.6 Å². The van der Waals surface area contributed by atoms with E-state index in [1.807, 2.05) is 13.8 Å². The maximum absolute atomic E-state index is 14.4. The molecule has 11 heteroatoms. The molecule has 1 saturated heterocycles. The molecule has 1 aromatic carbocycles. The fourth-order valence-corrected chi connectivity index (χ4v) is 3.79. The fraction of sp³-hybridized carbons (Fsp3) is 0.591. The number of ether oxygens (including phenoxy) is 3. The summed E-state index contributed by atoms with van der Waals surface area (Å²) < 4.78 is 32.0. The minimum Gasteiger partial charge on any atom is -0.491 e. The summed E-state index contributed by atoms with van der Waals surface area (Å²) >= 11 is 0. The van der Waals surface area contributed by atoms with Crippen molar-refractivity contribution in [3.63, 3.8) is 0 Å². The molecule has 2 aromatic rings. The zero-order valence-electron chi connectivity index (χ0n) is 19.0. The van der Waals surface area contributed by atoms with Gasteiger partial charge in [0.2, 0.25) is 5.88 Å². The van der Waals surface area contributed by atoms with Crippen LogP contribution in [-0.4, -0.2) is 78.9 Å². The number of nitrogens with zero attached hydrogens (tertiary/aromatic N) is 2. The average molecular weight is 470 g/mol. The molecule has 1 aromatic heterocycles. The maximum Gasteiger partial charge on any atom is 0.356 e. The molecule has 0 spiro atoms. The molecular weight excluding hydrogens is 439 g/mol. The van der Waals surface area contributed by atoms with Crippen LogP contribution in [0.25, 0.3) is 0 Å². The van der Waals surface area contributed by atoms with Crippen molar-refractivity contribution in [1.29, 1.82) is 0 Å². The molecule has 0 saturated carbocycles. The summed E-state index contributed by atoms with van der Waals surface area (Å²) in [5.74, 6) is -3.31. The van der Waals surface area contributed by atoms with Crippen molar-refractivity contribution in [3.05, 3.63) is 40.8 Å². The van der Waals surface area contributed by atoms with Crippen LogP contribution in [0, 0.1) is 12.7 Å². The van der Waals surface area contributed by atoms with Crippen molar-refractivity contribution in [2.24, 2.45) is 0 Å². The van der Waals surface area contributed by atoms with Gasteiger partial charge < -0.3 is 39.7 Å². The van der Waals surface area contributed by atoms with E-state index in [2.05, 4.69) is 5.10 Å². The van der Waals surface area contributed by atoms with Gasteiger partial charge in [0.05, 0.1) is 13.2 Å². The summed E-state index contributed by atoms with van der Waals surface area (Å²) in [6.07, 6.45) is -6.80. The molecule has 2 heterocycles. The summed E-state index contributed by atoms with van der Waals surface area (Å²) in [5, 5.41) is 55.0. The molecule has 0 radical (unpaired) electrons. The molecular formula is C22H31FN2O8. The first kappa shape index (κ1) is 25.3. The number of halogens is 1. The fourth-order valence-electron chi connectivity index (χ4n) is 3.79. The second-order valence-corrected chi connectivity index (χ2v) is 8.28. The monoisotopic (exact) mass is 470 g/mol. The first-order chi connectivity index (χ1) is 15.5. The van der Waals surface area contributed by atoms with E-state index in [9.17, 15) is 29.9 Å². The summed E-state index contributed by atoms with van der Waals surface area (Å²) in [6.45, 7) is 6.88. The molecule has 0 amide bonds. The Morgan fingerprint density at radius 1 is 1.24 bits per heavy atom. The van der Waals surface area contributed by atoms with Crippen LogP contribution in [0.1, 0.15) is 43.6 Å². The molecule has 1 aliphatic rings. The van der Waals surface area contributed by atoms with Crippen LogP contribution in [0.4, 0.5) is 4.39 Å². The van der Waals surface area contributed by atoms with Crippen molar-refractivity contribution in [2.75, 3.05) is 13.2 Å². The van der Waals surface area contributed by atoms with E-state index in [0.29, 0.717) is 23.4 Å². The first-order valence-electron chi connectivity index (χ1n) is 10.8. The minimum absolute atomic E-state index is 0.0948. The Hall–Kier alpha value is -2.28. The van der Waals surface area contributed by atoms with Crippen LogP contribution < -0.4 is 9.47 Å². The van der Waals surface area contributed by atoms with Gasteiger partial charge in [-0.3, -0.25) is 4.68 Å². The molecule has 184 valence electrons. The van der Waals surface area contributed by atoms with E-state index in [1.165, 1.54) is 12.1 Å². The molecule has 1 fully saturated rings. The lowest BCUT2D eigenvalue weighted by Crippen LogP contribution is -2.67. The SMILES string of the molecule is CCOc1ccc(Cc2c(O[C@@]3(O)O[C@H](CO)[C@@H](O)[C@H](O)[C@H]3O)nn(C(C)C)c2C)cc1F. The summed E-state index contributed by atoms with van der Waals surface area (Å²) in [6, 6.07) is 4.43. The van der Waals surface area contributed by atoms with Crippen molar-refractivity contribution in [2.45, 2.75) is 70.5 Å². The van der Waals surface area contributed by atoms with Gasteiger partial charge in [-0.1, -0.05) is 6.07 Å². The van der Waals surface area contributed by atoms with Gasteiger partial charge >= 0.3 is 5.97 Å². The van der Waals surface area contributed by atoms with Crippen LogP contribution in [0.3, 0.4) is 0 Å². The van der Waals surface area contributed by atoms with Gasteiger partial charge in [0.25, 0.3) is 0 Å². The Morgan fingerprint density at radius 2 is 1.94 bits per heavy atom. The zero-order chi connectivity index (χ0) is 24.5. The highest BCUT2D eigenvalue weighted by molar-refractivity contribution is 5.39. The Bertz CT molecular complexity index is 966. The lowest BCUT2D eigenvalue weighted by molar-refractivity contribution is -0.423. The highest BCUT2D eigenvalue weighted by atomic mass is 19.1. The number of rotatable bonds is 8. The third kappa shape index (κ3) is 4.98. The molecule has 0 bridgehead atoms. The smallest absolute Gasteiger partial charge is 0.356 e. The highest BCUT2D eigenvalue weighted by Gasteiger charge is 2.55. The largest absolute Gasteiger partial charge is 0.491 e. The quantitative estimate of drug-likeness (QED) is 0.346. The molecule has 33 heavy (non-hydrogen) atoms. The predicted molar refractivity (Wildman–Crippen MR) is 113 cm³/mol.